The van der Waals surface area contributed by atoms with Crippen molar-refractivity contribution in [2.75, 3.05) is 11.4 Å². The zero-order chi connectivity index (χ0) is 19.8. The van der Waals surface area contributed by atoms with Crippen molar-refractivity contribution in [3.05, 3.63) is 84.8 Å². The standard InChI is InChI=1S/C25H23N3O/c1-18(29)28-17-22(23-4-2-3-5-25(23)28)11-15-27-13-9-19(10-14-27)20-6-7-24-21(16-20)8-12-26-24/h2-10,12-14,16,22H,11,15,17H2,1H3/p+1/t22-/m1/s1. The number of aryl methyl sites for hydroxylation is 1. The summed E-state index contributed by atoms with van der Waals surface area (Å²) in [5.74, 6) is 0.509. The smallest absolute Gasteiger partial charge is 0.223 e. The lowest BCUT2D eigenvalue weighted by atomic mass is 9.98. The average Bonchev–Trinajstić information content (AvgIpc) is 3.37. The number of aromatic amines is 1. The third-order valence-corrected chi connectivity index (χ3v) is 5.96. The third kappa shape index (κ3) is 3.31. The number of rotatable bonds is 4. The Kier molecular flexibility index (Phi) is 4.39. The molecular formula is C25H24N3O+. The van der Waals surface area contributed by atoms with Crippen LogP contribution >= 0.6 is 0 Å². The number of aromatic nitrogens is 2. The van der Waals surface area contributed by atoms with Crippen LogP contribution in [-0.2, 0) is 11.3 Å². The predicted octanol–water partition coefficient (Wildman–Crippen LogP) is 4.66. The van der Waals surface area contributed by atoms with Gasteiger partial charge < -0.3 is 9.88 Å². The normalized spacial score (nSPS) is 15.6. The summed E-state index contributed by atoms with van der Waals surface area (Å²) in [6, 6.07) is 21.3. The molecule has 2 aromatic heterocycles. The molecule has 0 bridgehead atoms. The maximum Gasteiger partial charge on any atom is 0.223 e. The van der Waals surface area contributed by atoms with Gasteiger partial charge >= 0.3 is 0 Å². The lowest BCUT2D eigenvalue weighted by Gasteiger charge is -2.14. The van der Waals surface area contributed by atoms with Crippen molar-refractivity contribution in [3.8, 4) is 11.1 Å². The molecule has 1 aliphatic rings. The number of fused-ring (bicyclic) bond motifs is 2. The number of carbonyl (C=O) groups is 1. The Bertz CT molecular complexity index is 1180. The third-order valence-electron chi connectivity index (χ3n) is 5.96. The zero-order valence-corrected chi connectivity index (χ0v) is 16.5. The number of hydrogen-bond donors (Lipinski definition) is 1. The van der Waals surface area contributed by atoms with Gasteiger partial charge in [-0.25, -0.2) is 4.57 Å². The second-order valence-electron chi connectivity index (χ2n) is 7.78. The topological polar surface area (TPSA) is 40.0 Å². The van der Waals surface area contributed by atoms with Crippen LogP contribution in [0.2, 0.25) is 0 Å². The average molecular weight is 382 g/mol. The maximum atomic E-state index is 12.0. The number of nitrogens with one attached hydrogen (secondary N) is 1. The Morgan fingerprint density at radius 1 is 1.07 bits per heavy atom. The molecule has 0 spiro atoms. The summed E-state index contributed by atoms with van der Waals surface area (Å²) in [7, 11) is 0. The highest BCUT2D eigenvalue weighted by Gasteiger charge is 2.30. The van der Waals surface area contributed by atoms with E-state index in [2.05, 4.69) is 76.5 Å². The van der Waals surface area contributed by atoms with E-state index in [0.717, 1.165) is 30.7 Å². The number of para-hydroxylation sites is 1. The minimum absolute atomic E-state index is 0.122. The van der Waals surface area contributed by atoms with Gasteiger partial charge in [-0.3, -0.25) is 4.79 Å². The molecule has 0 aliphatic carbocycles. The molecule has 1 atom stereocenters. The molecule has 2 aromatic carbocycles. The molecule has 4 heteroatoms. The number of pyridine rings is 1. The van der Waals surface area contributed by atoms with Crippen molar-refractivity contribution in [3.63, 3.8) is 0 Å². The fourth-order valence-corrected chi connectivity index (χ4v) is 4.38. The quantitative estimate of drug-likeness (QED) is 0.512. The van der Waals surface area contributed by atoms with E-state index in [0.29, 0.717) is 5.92 Å². The molecule has 0 radical (unpaired) electrons. The van der Waals surface area contributed by atoms with Crippen molar-refractivity contribution in [1.82, 2.24) is 4.98 Å². The molecule has 5 rings (SSSR count). The number of anilines is 1. The zero-order valence-electron chi connectivity index (χ0n) is 16.5. The highest BCUT2D eigenvalue weighted by Crippen LogP contribution is 2.37. The van der Waals surface area contributed by atoms with Crippen molar-refractivity contribution < 1.29 is 9.36 Å². The van der Waals surface area contributed by atoms with Gasteiger partial charge in [0.25, 0.3) is 0 Å². The number of H-pyrrole nitrogens is 1. The van der Waals surface area contributed by atoms with Crippen molar-refractivity contribution in [2.24, 2.45) is 0 Å². The minimum Gasteiger partial charge on any atom is -0.361 e. The summed E-state index contributed by atoms with van der Waals surface area (Å²) < 4.78 is 2.23. The molecular weight excluding hydrogens is 358 g/mol. The van der Waals surface area contributed by atoms with Crippen LogP contribution in [0.4, 0.5) is 5.69 Å². The van der Waals surface area contributed by atoms with Gasteiger partial charge in [-0.15, -0.1) is 0 Å². The van der Waals surface area contributed by atoms with Gasteiger partial charge in [-0.05, 0) is 46.3 Å². The number of hydrogen-bond acceptors (Lipinski definition) is 1. The molecule has 1 amide bonds. The lowest BCUT2D eigenvalue weighted by molar-refractivity contribution is -0.697. The van der Waals surface area contributed by atoms with Gasteiger partial charge in [0.05, 0.1) is 0 Å². The maximum absolute atomic E-state index is 12.0. The summed E-state index contributed by atoms with van der Waals surface area (Å²) in [4.78, 5) is 17.1. The van der Waals surface area contributed by atoms with Crippen molar-refractivity contribution in [2.45, 2.75) is 25.8 Å². The van der Waals surface area contributed by atoms with Gasteiger partial charge in [0.15, 0.2) is 12.4 Å². The molecule has 4 nitrogen and oxygen atoms in total. The Morgan fingerprint density at radius 3 is 2.72 bits per heavy atom. The summed E-state index contributed by atoms with van der Waals surface area (Å²) in [5.41, 5.74) is 5.98. The predicted molar refractivity (Wildman–Crippen MR) is 116 cm³/mol. The first-order valence-electron chi connectivity index (χ1n) is 10.1. The highest BCUT2D eigenvalue weighted by atomic mass is 16.2. The van der Waals surface area contributed by atoms with Crippen LogP contribution in [0.25, 0.3) is 22.0 Å². The number of nitrogens with zero attached hydrogens (tertiary/aromatic N) is 2. The Labute approximate surface area is 170 Å². The van der Waals surface area contributed by atoms with Gasteiger partial charge in [0, 0.05) is 55.3 Å². The van der Waals surface area contributed by atoms with E-state index in [9.17, 15) is 4.79 Å². The SMILES string of the molecule is CC(=O)N1C[C@@H](CC[n+]2ccc(-c3ccc4[nH]ccc4c3)cc2)c2ccccc21. The second kappa shape index (κ2) is 7.21. The molecule has 0 fully saturated rings. The molecule has 1 N–H and O–H groups in total. The van der Waals surface area contributed by atoms with Gasteiger partial charge in [0.1, 0.15) is 6.54 Å². The molecule has 1 aliphatic heterocycles. The summed E-state index contributed by atoms with van der Waals surface area (Å²) in [5, 5.41) is 1.23. The van der Waals surface area contributed by atoms with Gasteiger partial charge in [-0.2, -0.15) is 0 Å². The van der Waals surface area contributed by atoms with E-state index in [1.54, 1.807) is 6.92 Å². The van der Waals surface area contributed by atoms with Crippen LogP contribution in [0, 0.1) is 0 Å². The van der Waals surface area contributed by atoms with E-state index in [4.69, 9.17) is 0 Å². The molecule has 0 saturated carbocycles. The lowest BCUT2D eigenvalue weighted by Crippen LogP contribution is -2.34. The summed E-state index contributed by atoms with van der Waals surface area (Å²) in [6.07, 6.45) is 7.29. The van der Waals surface area contributed by atoms with E-state index in [1.165, 1.54) is 22.1 Å². The summed E-state index contributed by atoms with van der Waals surface area (Å²) >= 11 is 0. The van der Waals surface area contributed by atoms with Crippen LogP contribution < -0.4 is 9.47 Å². The van der Waals surface area contributed by atoms with Crippen LogP contribution in [0.15, 0.2) is 79.3 Å². The van der Waals surface area contributed by atoms with Crippen LogP contribution in [0.5, 0.6) is 0 Å². The van der Waals surface area contributed by atoms with E-state index >= 15 is 0 Å². The number of amides is 1. The first-order chi connectivity index (χ1) is 14.2. The van der Waals surface area contributed by atoms with E-state index in [-0.39, 0.29) is 5.91 Å². The van der Waals surface area contributed by atoms with Gasteiger partial charge in [0.2, 0.25) is 5.91 Å². The molecule has 4 aromatic rings. The Balaban J connectivity index is 1.30. The second-order valence-corrected chi connectivity index (χ2v) is 7.78. The largest absolute Gasteiger partial charge is 0.361 e. The fourth-order valence-electron chi connectivity index (χ4n) is 4.38. The van der Waals surface area contributed by atoms with E-state index in [1.807, 2.05) is 17.2 Å². The molecule has 3 heterocycles. The number of carbonyl (C=O) groups excluding carboxylic acids is 1. The monoisotopic (exact) mass is 382 g/mol. The molecule has 29 heavy (non-hydrogen) atoms. The van der Waals surface area contributed by atoms with Crippen LogP contribution in [-0.4, -0.2) is 17.4 Å². The molecule has 0 unspecified atom stereocenters. The molecule has 144 valence electrons. The number of benzene rings is 2. The minimum atomic E-state index is 0.122. The Hall–Kier alpha value is -3.40. The first-order valence-corrected chi connectivity index (χ1v) is 10.1. The fraction of sp³-hybridized carbons (Fsp3) is 0.200. The highest BCUT2D eigenvalue weighted by molar-refractivity contribution is 5.94. The van der Waals surface area contributed by atoms with Crippen molar-refractivity contribution in [1.29, 1.82) is 0 Å². The van der Waals surface area contributed by atoms with Crippen LogP contribution in [0.1, 0.15) is 24.8 Å². The molecule has 0 saturated heterocycles. The van der Waals surface area contributed by atoms with E-state index < -0.39 is 0 Å². The van der Waals surface area contributed by atoms with Crippen molar-refractivity contribution >= 4 is 22.5 Å². The van der Waals surface area contributed by atoms with Gasteiger partial charge in [-0.1, -0.05) is 24.3 Å². The summed E-state index contributed by atoms with van der Waals surface area (Å²) in [6.45, 7) is 3.36. The first kappa shape index (κ1) is 17.7. The van der Waals surface area contributed by atoms with Crippen LogP contribution in [0.3, 0.4) is 0 Å². The Morgan fingerprint density at radius 2 is 1.90 bits per heavy atom.